The molecule has 9 heteroatoms. The van der Waals surface area contributed by atoms with Gasteiger partial charge in [-0.3, -0.25) is 4.79 Å². The number of hydrogen-bond acceptors (Lipinski definition) is 5. The number of piperidine rings is 1. The molecule has 0 spiro atoms. The first-order valence-electron chi connectivity index (χ1n) is 8.60. The smallest absolute Gasteiger partial charge is 0.252 e. The Balaban J connectivity index is 0.00000312. The molecule has 0 radical (unpaired) electrons. The molecule has 2 N–H and O–H groups in total. The van der Waals surface area contributed by atoms with E-state index in [2.05, 4.69) is 17.6 Å². The SMILES string of the molecule is CCCNCCNC(=O)Cc1ccc(S(=O)(=O)N2CCCCC2)s1.Cl. The predicted molar refractivity (Wildman–Crippen MR) is 104 cm³/mol. The largest absolute Gasteiger partial charge is 0.355 e. The van der Waals surface area contributed by atoms with Crippen molar-refractivity contribution >= 4 is 39.7 Å². The van der Waals surface area contributed by atoms with E-state index < -0.39 is 10.0 Å². The molecule has 0 aromatic carbocycles. The minimum Gasteiger partial charge on any atom is -0.355 e. The van der Waals surface area contributed by atoms with Gasteiger partial charge in [0.15, 0.2) is 0 Å². The monoisotopic (exact) mass is 409 g/mol. The Kier molecular flexibility index (Phi) is 9.96. The number of carbonyl (C=O) groups is 1. The van der Waals surface area contributed by atoms with Crippen molar-refractivity contribution in [3.63, 3.8) is 0 Å². The second-order valence-corrected chi connectivity index (χ2v) is 9.30. The molecule has 6 nitrogen and oxygen atoms in total. The van der Waals surface area contributed by atoms with Crippen LogP contribution in [-0.4, -0.2) is 51.4 Å². The summed E-state index contributed by atoms with van der Waals surface area (Å²) in [4.78, 5) is 12.7. The lowest BCUT2D eigenvalue weighted by molar-refractivity contribution is -0.120. The van der Waals surface area contributed by atoms with Gasteiger partial charge >= 0.3 is 0 Å². The summed E-state index contributed by atoms with van der Waals surface area (Å²) in [5.74, 6) is -0.0722. The number of rotatable bonds is 9. The lowest BCUT2D eigenvalue weighted by Gasteiger charge is -2.25. The highest BCUT2D eigenvalue weighted by Crippen LogP contribution is 2.27. The fourth-order valence-electron chi connectivity index (χ4n) is 2.64. The average molecular weight is 410 g/mol. The average Bonchev–Trinajstić information content (AvgIpc) is 3.04. The van der Waals surface area contributed by atoms with E-state index in [-0.39, 0.29) is 24.7 Å². The first-order chi connectivity index (χ1) is 11.5. The van der Waals surface area contributed by atoms with E-state index in [1.54, 1.807) is 16.4 Å². The van der Waals surface area contributed by atoms with E-state index >= 15 is 0 Å². The van der Waals surface area contributed by atoms with Gasteiger partial charge in [-0.05, 0) is 37.9 Å². The number of carbonyl (C=O) groups excluding carboxylic acids is 1. The molecule has 1 amide bonds. The Bertz CT molecular complexity index is 628. The van der Waals surface area contributed by atoms with Gasteiger partial charge in [-0.1, -0.05) is 13.3 Å². The van der Waals surface area contributed by atoms with Gasteiger partial charge in [-0.2, -0.15) is 4.31 Å². The molecule has 0 unspecified atom stereocenters. The van der Waals surface area contributed by atoms with Crippen molar-refractivity contribution in [3.05, 3.63) is 17.0 Å². The summed E-state index contributed by atoms with van der Waals surface area (Å²) in [6, 6.07) is 3.37. The van der Waals surface area contributed by atoms with Crippen LogP contribution in [0.15, 0.2) is 16.3 Å². The molecular formula is C16H28ClN3O3S2. The van der Waals surface area contributed by atoms with Gasteiger partial charge in [0.2, 0.25) is 5.91 Å². The first kappa shape index (κ1) is 22.4. The number of amides is 1. The molecule has 1 saturated heterocycles. The maximum absolute atomic E-state index is 12.6. The van der Waals surface area contributed by atoms with Gasteiger partial charge in [0.1, 0.15) is 4.21 Å². The van der Waals surface area contributed by atoms with E-state index in [9.17, 15) is 13.2 Å². The predicted octanol–water partition coefficient (Wildman–Crippen LogP) is 2.00. The van der Waals surface area contributed by atoms with Gasteiger partial charge < -0.3 is 10.6 Å². The summed E-state index contributed by atoms with van der Waals surface area (Å²) in [6.07, 6.45) is 4.23. The molecule has 0 bridgehead atoms. The van der Waals surface area contributed by atoms with Crippen LogP contribution in [0.25, 0.3) is 0 Å². The highest BCUT2D eigenvalue weighted by Gasteiger charge is 2.27. The molecular weight excluding hydrogens is 382 g/mol. The Morgan fingerprint density at radius 2 is 1.88 bits per heavy atom. The maximum Gasteiger partial charge on any atom is 0.252 e. The summed E-state index contributed by atoms with van der Waals surface area (Å²) >= 11 is 1.20. The molecule has 0 saturated carbocycles. The summed E-state index contributed by atoms with van der Waals surface area (Å²) in [5.41, 5.74) is 0. The molecule has 1 aromatic rings. The maximum atomic E-state index is 12.6. The molecule has 144 valence electrons. The van der Waals surface area contributed by atoms with Crippen molar-refractivity contribution in [2.24, 2.45) is 0 Å². The summed E-state index contributed by atoms with van der Waals surface area (Å²) in [5, 5.41) is 6.06. The number of sulfonamides is 1. The van der Waals surface area contributed by atoms with Crippen LogP contribution >= 0.6 is 23.7 Å². The van der Waals surface area contributed by atoms with E-state index in [1.165, 1.54) is 11.3 Å². The van der Waals surface area contributed by atoms with E-state index in [0.29, 0.717) is 23.8 Å². The quantitative estimate of drug-likeness (QED) is 0.611. The van der Waals surface area contributed by atoms with Crippen molar-refractivity contribution in [3.8, 4) is 0 Å². The Hall–Kier alpha value is -0.670. The molecule has 0 aliphatic carbocycles. The third kappa shape index (κ3) is 6.86. The van der Waals surface area contributed by atoms with Crippen LogP contribution in [0.4, 0.5) is 0 Å². The van der Waals surface area contributed by atoms with Crippen molar-refractivity contribution < 1.29 is 13.2 Å². The summed E-state index contributed by atoms with van der Waals surface area (Å²) in [7, 11) is -3.39. The molecule has 2 heterocycles. The first-order valence-corrected chi connectivity index (χ1v) is 10.9. The second kappa shape index (κ2) is 11.1. The second-order valence-electron chi connectivity index (χ2n) is 5.96. The lowest BCUT2D eigenvalue weighted by atomic mass is 10.2. The Morgan fingerprint density at radius 3 is 2.56 bits per heavy atom. The fourth-order valence-corrected chi connectivity index (χ4v) is 5.66. The van der Waals surface area contributed by atoms with Crippen molar-refractivity contribution in [2.45, 2.75) is 43.2 Å². The highest BCUT2D eigenvalue weighted by atomic mass is 35.5. The lowest BCUT2D eigenvalue weighted by Crippen LogP contribution is -2.35. The van der Waals surface area contributed by atoms with Crippen LogP contribution in [0.1, 0.15) is 37.5 Å². The topological polar surface area (TPSA) is 78.5 Å². The molecule has 1 fully saturated rings. The normalized spacial score (nSPS) is 15.6. The zero-order chi connectivity index (χ0) is 17.4. The summed E-state index contributed by atoms with van der Waals surface area (Å²) < 4.78 is 27.1. The Labute approximate surface area is 160 Å². The van der Waals surface area contributed by atoms with Crippen molar-refractivity contribution in [1.29, 1.82) is 0 Å². The number of nitrogens with zero attached hydrogens (tertiary/aromatic N) is 1. The molecule has 25 heavy (non-hydrogen) atoms. The standard InChI is InChI=1S/C16H27N3O3S2.ClH/c1-2-8-17-9-10-18-15(20)13-14-6-7-16(23-14)24(21,22)19-11-4-3-5-12-19;/h6-7,17H,2-5,8-13H2,1H3,(H,18,20);1H. The highest BCUT2D eigenvalue weighted by molar-refractivity contribution is 7.91. The molecule has 1 aliphatic rings. The van der Waals surface area contributed by atoms with Crippen LogP contribution in [0, 0.1) is 0 Å². The zero-order valence-electron chi connectivity index (χ0n) is 14.6. The van der Waals surface area contributed by atoms with Gasteiger partial charge in [0.05, 0.1) is 6.42 Å². The van der Waals surface area contributed by atoms with E-state index in [1.807, 2.05) is 0 Å². The minimum atomic E-state index is -3.39. The minimum absolute atomic E-state index is 0. The zero-order valence-corrected chi connectivity index (χ0v) is 17.1. The van der Waals surface area contributed by atoms with Gasteiger partial charge in [0, 0.05) is 31.1 Å². The van der Waals surface area contributed by atoms with Gasteiger partial charge in [-0.25, -0.2) is 8.42 Å². The van der Waals surface area contributed by atoms with Gasteiger partial charge in [0.25, 0.3) is 10.0 Å². The molecule has 0 atom stereocenters. The van der Waals surface area contributed by atoms with Crippen LogP contribution in [-0.2, 0) is 21.2 Å². The van der Waals surface area contributed by atoms with Gasteiger partial charge in [-0.15, -0.1) is 23.7 Å². The Morgan fingerprint density at radius 1 is 1.16 bits per heavy atom. The number of thiophene rings is 1. The van der Waals surface area contributed by atoms with Crippen LogP contribution < -0.4 is 10.6 Å². The number of halogens is 1. The third-order valence-electron chi connectivity index (χ3n) is 3.93. The van der Waals surface area contributed by atoms with Crippen LogP contribution in [0.2, 0.25) is 0 Å². The van der Waals surface area contributed by atoms with Crippen LogP contribution in [0.5, 0.6) is 0 Å². The van der Waals surface area contributed by atoms with Crippen LogP contribution in [0.3, 0.4) is 0 Å². The van der Waals surface area contributed by atoms with Crippen molar-refractivity contribution in [2.75, 3.05) is 32.7 Å². The molecule has 1 aromatic heterocycles. The fraction of sp³-hybridized carbons (Fsp3) is 0.688. The van der Waals surface area contributed by atoms with E-state index in [4.69, 9.17) is 0 Å². The third-order valence-corrected chi connectivity index (χ3v) is 7.38. The number of nitrogens with one attached hydrogen (secondary N) is 2. The van der Waals surface area contributed by atoms with Crippen molar-refractivity contribution in [1.82, 2.24) is 14.9 Å². The molecule has 1 aliphatic heterocycles. The molecule has 2 rings (SSSR count). The van der Waals surface area contributed by atoms with E-state index in [0.717, 1.165) is 43.6 Å². The summed E-state index contributed by atoms with van der Waals surface area (Å²) in [6.45, 7) is 5.57. The number of hydrogen-bond donors (Lipinski definition) is 2.